The van der Waals surface area contributed by atoms with E-state index in [9.17, 15) is 0 Å². The van der Waals surface area contributed by atoms with Crippen LogP contribution in [0, 0.1) is 5.92 Å². The zero-order chi connectivity index (χ0) is 11.5. The van der Waals surface area contributed by atoms with Crippen LogP contribution in [0.3, 0.4) is 0 Å². The first kappa shape index (κ1) is 12.3. The van der Waals surface area contributed by atoms with E-state index in [1.54, 1.807) is 0 Å². The average molecular weight is 230 g/mol. The molecule has 2 rings (SSSR count). The molecule has 94 valence electrons. The molecule has 16 heavy (non-hydrogen) atoms. The quantitative estimate of drug-likeness (QED) is 0.588. The van der Waals surface area contributed by atoms with E-state index in [0.717, 1.165) is 13.2 Å². The van der Waals surface area contributed by atoms with Gasteiger partial charge in [-0.3, -0.25) is 0 Å². The standard InChI is InChI=1S/C12H22O4/c1-8(9(2)13-4-11-6-15-11)10(3)14-5-12-7-16-12/h8-12H,4-7H2,1-3H3. The van der Waals surface area contributed by atoms with E-state index in [2.05, 4.69) is 20.8 Å². The van der Waals surface area contributed by atoms with Crippen molar-refractivity contribution in [3.8, 4) is 0 Å². The van der Waals surface area contributed by atoms with Gasteiger partial charge in [-0.15, -0.1) is 0 Å². The molecule has 0 aromatic heterocycles. The molecular formula is C12H22O4. The second-order valence-corrected chi connectivity index (χ2v) is 4.85. The fraction of sp³-hybridized carbons (Fsp3) is 1.00. The molecule has 0 N–H and O–H groups in total. The van der Waals surface area contributed by atoms with Crippen LogP contribution in [0.2, 0.25) is 0 Å². The molecule has 2 aliphatic heterocycles. The van der Waals surface area contributed by atoms with Crippen LogP contribution in [0.25, 0.3) is 0 Å². The van der Waals surface area contributed by atoms with Crippen molar-refractivity contribution in [2.45, 2.75) is 45.2 Å². The molecule has 4 heteroatoms. The summed E-state index contributed by atoms with van der Waals surface area (Å²) in [6.07, 6.45) is 1.09. The van der Waals surface area contributed by atoms with Crippen LogP contribution < -0.4 is 0 Å². The molecule has 2 aliphatic rings. The van der Waals surface area contributed by atoms with E-state index in [4.69, 9.17) is 18.9 Å². The van der Waals surface area contributed by atoms with E-state index in [0.29, 0.717) is 31.3 Å². The molecule has 0 aliphatic carbocycles. The summed E-state index contributed by atoms with van der Waals surface area (Å²) in [6.45, 7) is 9.49. The van der Waals surface area contributed by atoms with E-state index in [1.807, 2.05) is 0 Å². The van der Waals surface area contributed by atoms with Gasteiger partial charge in [-0.25, -0.2) is 0 Å². The predicted octanol–water partition coefficient (Wildman–Crippen LogP) is 1.23. The molecule has 0 aromatic carbocycles. The molecule has 0 bridgehead atoms. The summed E-state index contributed by atoms with van der Waals surface area (Å²) in [4.78, 5) is 0. The Morgan fingerprint density at radius 1 is 0.938 bits per heavy atom. The van der Waals surface area contributed by atoms with Gasteiger partial charge in [-0.05, 0) is 13.8 Å². The van der Waals surface area contributed by atoms with Gasteiger partial charge in [0.25, 0.3) is 0 Å². The largest absolute Gasteiger partial charge is 0.375 e. The first-order valence-electron chi connectivity index (χ1n) is 6.13. The maximum atomic E-state index is 5.74. The topological polar surface area (TPSA) is 43.5 Å². The van der Waals surface area contributed by atoms with Crippen LogP contribution in [-0.4, -0.2) is 50.8 Å². The Morgan fingerprint density at radius 3 is 1.62 bits per heavy atom. The number of hydrogen-bond acceptors (Lipinski definition) is 4. The summed E-state index contributed by atoms with van der Waals surface area (Å²) in [5.74, 6) is 0.387. The SMILES string of the molecule is CC(OCC1CO1)C(C)C(C)OCC1CO1. The Kier molecular flexibility index (Phi) is 4.19. The average Bonchev–Trinajstić information content (AvgIpc) is 3.15. The van der Waals surface area contributed by atoms with Crippen LogP contribution in [0.1, 0.15) is 20.8 Å². The highest BCUT2D eigenvalue weighted by Crippen LogP contribution is 2.19. The van der Waals surface area contributed by atoms with Gasteiger partial charge in [-0.2, -0.15) is 0 Å². The van der Waals surface area contributed by atoms with Crippen molar-refractivity contribution >= 4 is 0 Å². The van der Waals surface area contributed by atoms with Crippen molar-refractivity contribution in [3.63, 3.8) is 0 Å². The van der Waals surface area contributed by atoms with Crippen molar-refractivity contribution in [2.24, 2.45) is 5.92 Å². The third-order valence-electron chi connectivity index (χ3n) is 3.38. The fourth-order valence-corrected chi connectivity index (χ4v) is 1.53. The van der Waals surface area contributed by atoms with Gasteiger partial charge in [0.05, 0.1) is 38.6 Å². The van der Waals surface area contributed by atoms with Gasteiger partial charge in [0.2, 0.25) is 0 Å². The third kappa shape index (κ3) is 4.01. The predicted molar refractivity (Wildman–Crippen MR) is 59.5 cm³/mol. The van der Waals surface area contributed by atoms with Crippen LogP contribution in [0.4, 0.5) is 0 Å². The molecule has 4 nitrogen and oxygen atoms in total. The van der Waals surface area contributed by atoms with Crippen LogP contribution >= 0.6 is 0 Å². The van der Waals surface area contributed by atoms with Gasteiger partial charge in [-0.1, -0.05) is 6.92 Å². The smallest absolute Gasteiger partial charge is 0.104 e. The Hall–Kier alpha value is -0.160. The first-order valence-corrected chi connectivity index (χ1v) is 6.13. The minimum atomic E-state index is 0.208. The number of ether oxygens (including phenoxy) is 4. The summed E-state index contributed by atoms with van der Waals surface area (Å²) < 4.78 is 21.7. The Labute approximate surface area is 97.2 Å². The second kappa shape index (κ2) is 5.45. The molecule has 0 radical (unpaired) electrons. The maximum Gasteiger partial charge on any atom is 0.104 e. The molecule has 0 saturated carbocycles. The van der Waals surface area contributed by atoms with Crippen LogP contribution in [0.5, 0.6) is 0 Å². The highest BCUT2D eigenvalue weighted by molar-refractivity contribution is 4.74. The molecule has 2 heterocycles. The highest BCUT2D eigenvalue weighted by atomic mass is 16.6. The maximum absolute atomic E-state index is 5.74. The van der Waals surface area contributed by atoms with Crippen molar-refractivity contribution in [1.29, 1.82) is 0 Å². The monoisotopic (exact) mass is 230 g/mol. The van der Waals surface area contributed by atoms with Crippen molar-refractivity contribution in [3.05, 3.63) is 0 Å². The van der Waals surface area contributed by atoms with Gasteiger partial charge >= 0.3 is 0 Å². The van der Waals surface area contributed by atoms with Crippen molar-refractivity contribution in [1.82, 2.24) is 0 Å². The fourth-order valence-electron chi connectivity index (χ4n) is 1.53. The van der Waals surface area contributed by atoms with Crippen LogP contribution in [0.15, 0.2) is 0 Å². The van der Waals surface area contributed by atoms with Crippen molar-refractivity contribution < 1.29 is 18.9 Å². The van der Waals surface area contributed by atoms with E-state index >= 15 is 0 Å². The summed E-state index contributed by atoms with van der Waals surface area (Å²) in [7, 11) is 0. The summed E-state index contributed by atoms with van der Waals surface area (Å²) in [5.41, 5.74) is 0. The zero-order valence-corrected chi connectivity index (χ0v) is 10.3. The molecule has 2 fully saturated rings. The minimum Gasteiger partial charge on any atom is -0.375 e. The molecular weight excluding hydrogens is 208 g/mol. The Bertz CT molecular complexity index is 191. The number of rotatable bonds is 8. The van der Waals surface area contributed by atoms with Gasteiger partial charge in [0, 0.05) is 5.92 Å². The van der Waals surface area contributed by atoms with Crippen LogP contribution in [-0.2, 0) is 18.9 Å². The number of epoxide rings is 2. The van der Waals surface area contributed by atoms with Gasteiger partial charge < -0.3 is 18.9 Å². The molecule has 0 amide bonds. The molecule has 4 unspecified atom stereocenters. The zero-order valence-electron chi connectivity index (χ0n) is 10.3. The minimum absolute atomic E-state index is 0.208. The Morgan fingerprint density at radius 2 is 1.31 bits per heavy atom. The normalized spacial score (nSPS) is 33.2. The highest BCUT2D eigenvalue weighted by Gasteiger charge is 2.28. The lowest BCUT2D eigenvalue weighted by molar-refractivity contribution is -0.0501. The molecule has 2 saturated heterocycles. The van der Waals surface area contributed by atoms with Crippen molar-refractivity contribution in [2.75, 3.05) is 26.4 Å². The molecule has 4 atom stereocenters. The van der Waals surface area contributed by atoms with E-state index < -0.39 is 0 Å². The number of hydrogen-bond donors (Lipinski definition) is 0. The third-order valence-corrected chi connectivity index (χ3v) is 3.38. The lowest BCUT2D eigenvalue weighted by atomic mass is 10.0. The van der Waals surface area contributed by atoms with E-state index in [-0.39, 0.29) is 12.2 Å². The molecule has 0 spiro atoms. The Balaban J connectivity index is 1.60. The van der Waals surface area contributed by atoms with E-state index in [1.165, 1.54) is 0 Å². The summed E-state index contributed by atoms with van der Waals surface area (Å²) in [6, 6.07) is 0. The second-order valence-electron chi connectivity index (χ2n) is 4.85. The first-order chi connectivity index (χ1) is 7.66. The summed E-state index contributed by atoms with van der Waals surface area (Å²) in [5, 5.41) is 0. The van der Waals surface area contributed by atoms with Gasteiger partial charge in [0.15, 0.2) is 0 Å². The molecule has 0 aromatic rings. The lowest BCUT2D eigenvalue weighted by Crippen LogP contribution is -2.31. The lowest BCUT2D eigenvalue weighted by Gasteiger charge is -2.26. The summed E-state index contributed by atoms with van der Waals surface area (Å²) >= 11 is 0. The van der Waals surface area contributed by atoms with Gasteiger partial charge in [0.1, 0.15) is 12.2 Å².